The van der Waals surface area contributed by atoms with Crippen molar-refractivity contribution in [2.75, 3.05) is 18.0 Å². The van der Waals surface area contributed by atoms with Crippen molar-refractivity contribution in [2.45, 2.75) is 40.0 Å². The lowest BCUT2D eigenvalue weighted by atomic mass is 9.77. The van der Waals surface area contributed by atoms with E-state index in [0.717, 1.165) is 34.7 Å². The van der Waals surface area contributed by atoms with Crippen LogP contribution in [0.2, 0.25) is 0 Å². The molecule has 0 aliphatic carbocycles. The van der Waals surface area contributed by atoms with Gasteiger partial charge < -0.3 is 4.90 Å². The van der Waals surface area contributed by atoms with Crippen LogP contribution < -0.4 is 4.90 Å². The number of hydrogen-bond donors (Lipinski definition) is 0. The maximum atomic E-state index is 9.30. The summed E-state index contributed by atoms with van der Waals surface area (Å²) in [4.78, 5) is 2.38. The summed E-state index contributed by atoms with van der Waals surface area (Å²) in [5.41, 5.74) is 2.24. The zero-order chi connectivity index (χ0) is 14.8. The summed E-state index contributed by atoms with van der Waals surface area (Å²) in [6.45, 7) is 9.12. The smallest absolute Gasteiger partial charge is 0.101 e. The Morgan fingerprint density at radius 2 is 2.00 bits per heavy atom. The Hall–Kier alpha value is -1.01. The van der Waals surface area contributed by atoms with Gasteiger partial charge in [-0.3, -0.25) is 0 Å². The third kappa shape index (κ3) is 3.55. The van der Waals surface area contributed by atoms with Crippen LogP contribution in [0.3, 0.4) is 0 Å². The molecule has 2 nitrogen and oxygen atoms in total. The standard InChI is InChI=1S/C17H23BrN2/c1-17(2,3)14-5-4-9-20(10-8-14)16-11-15(18)7-6-13(16)12-19/h6-7,11,14H,4-5,8-10H2,1-3H3. The third-order valence-electron chi connectivity index (χ3n) is 4.37. The first kappa shape index (κ1) is 15.4. The van der Waals surface area contributed by atoms with Crippen LogP contribution in [0.25, 0.3) is 0 Å². The molecule has 1 fully saturated rings. The van der Waals surface area contributed by atoms with Crippen molar-refractivity contribution >= 4 is 21.6 Å². The van der Waals surface area contributed by atoms with Gasteiger partial charge in [0.05, 0.1) is 11.3 Å². The van der Waals surface area contributed by atoms with Crippen molar-refractivity contribution in [3.05, 3.63) is 28.2 Å². The molecule has 1 aromatic rings. The lowest BCUT2D eigenvalue weighted by Crippen LogP contribution is -2.26. The molecular weight excluding hydrogens is 312 g/mol. The first-order chi connectivity index (χ1) is 9.41. The normalized spacial score (nSPS) is 20.4. The minimum absolute atomic E-state index is 0.380. The van der Waals surface area contributed by atoms with Gasteiger partial charge in [0, 0.05) is 17.6 Å². The molecule has 0 N–H and O–H groups in total. The predicted molar refractivity (Wildman–Crippen MR) is 87.9 cm³/mol. The van der Waals surface area contributed by atoms with Crippen molar-refractivity contribution in [1.29, 1.82) is 5.26 Å². The highest BCUT2D eigenvalue weighted by Crippen LogP contribution is 2.36. The van der Waals surface area contributed by atoms with Gasteiger partial charge in [-0.05, 0) is 48.8 Å². The Labute approximate surface area is 130 Å². The second-order valence-electron chi connectivity index (χ2n) is 6.75. The Morgan fingerprint density at radius 3 is 2.65 bits per heavy atom. The highest BCUT2D eigenvalue weighted by molar-refractivity contribution is 9.10. The summed E-state index contributed by atoms with van der Waals surface area (Å²) in [5, 5.41) is 9.30. The molecule has 0 saturated carbocycles. The monoisotopic (exact) mass is 334 g/mol. The average molecular weight is 335 g/mol. The summed E-state index contributed by atoms with van der Waals surface area (Å²) in [7, 11) is 0. The van der Waals surface area contributed by atoms with Crippen LogP contribution in [0.5, 0.6) is 0 Å². The van der Waals surface area contributed by atoms with E-state index in [4.69, 9.17) is 0 Å². The second-order valence-corrected chi connectivity index (χ2v) is 7.67. The molecule has 0 aromatic heterocycles. The van der Waals surface area contributed by atoms with Crippen LogP contribution in [0.4, 0.5) is 5.69 Å². The molecule has 1 saturated heterocycles. The van der Waals surface area contributed by atoms with Crippen LogP contribution in [0.15, 0.2) is 22.7 Å². The number of nitrogens with zero attached hydrogens (tertiary/aromatic N) is 2. The molecule has 1 heterocycles. The maximum Gasteiger partial charge on any atom is 0.101 e. The second kappa shape index (κ2) is 6.18. The Bertz CT molecular complexity index is 511. The summed E-state index contributed by atoms with van der Waals surface area (Å²) < 4.78 is 1.04. The molecule has 1 unspecified atom stereocenters. The van der Waals surface area contributed by atoms with E-state index in [-0.39, 0.29) is 0 Å². The molecule has 0 spiro atoms. The van der Waals surface area contributed by atoms with Crippen molar-refractivity contribution in [1.82, 2.24) is 0 Å². The van der Waals surface area contributed by atoms with Crippen molar-refractivity contribution < 1.29 is 0 Å². The third-order valence-corrected chi connectivity index (χ3v) is 4.87. The maximum absolute atomic E-state index is 9.30. The molecule has 1 atom stereocenters. The van der Waals surface area contributed by atoms with E-state index in [1.807, 2.05) is 12.1 Å². The van der Waals surface area contributed by atoms with E-state index in [1.165, 1.54) is 19.3 Å². The van der Waals surface area contributed by atoms with Crippen LogP contribution in [0, 0.1) is 22.7 Å². The summed E-state index contributed by atoms with van der Waals surface area (Å²) >= 11 is 3.52. The highest BCUT2D eigenvalue weighted by Gasteiger charge is 2.27. The molecule has 0 bridgehead atoms. The largest absolute Gasteiger partial charge is 0.370 e. The van der Waals surface area contributed by atoms with Crippen molar-refractivity contribution in [3.8, 4) is 6.07 Å². The summed E-state index contributed by atoms with van der Waals surface area (Å²) in [5.74, 6) is 0.769. The SMILES string of the molecule is CC(C)(C)C1CCCN(c2cc(Br)ccc2C#N)CC1. The van der Waals surface area contributed by atoms with E-state index in [9.17, 15) is 5.26 Å². The zero-order valence-electron chi connectivity index (χ0n) is 12.6. The molecule has 20 heavy (non-hydrogen) atoms. The van der Waals surface area contributed by atoms with Gasteiger partial charge in [0.15, 0.2) is 0 Å². The van der Waals surface area contributed by atoms with Crippen LogP contribution in [0.1, 0.15) is 45.6 Å². The number of anilines is 1. The first-order valence-corrected chi connectivity index (χ1v) is 8.15. The molecule has 0 radical (unpaired) electrons. The average Bonchev–Trinajstić information content (AvgIpc) is 2.63. The summed E-state index contributed by atoms with van der Waals surface area (Å²) in [6, 6.07) is 8.25. The number of nitriles is 1. The molecule has 3 heteroatoms. The van der Waals surface area contributed by atoms with E-state index < -0.39 is 0 Å². The van der Waals surface area contributed by atoms with E-state index >= 15 is 0 Å². The Kier molecular flexibility index (Phi) is 4.75. The highest BCUT2D eigenvalue weighted by atomic mass is 79.9. The predicted octanol–water partition coefficient (Wildman–Crippen LogP) is 4.97. The molecular formula is C17H23BrN2. The van der Waals surface area contributed by atoms with Gasteiger partial charge in [0.25, 0.3) is 0 Å². The molecule has 108 valence electrons. The van der Waals surface area contributed by atoms with Crippen LogP contribution in [-0.4, -0.2) is 13.1 Å². The van der Waals surface area contributed by atoms with Gasteiger partial charge in [-0.15, -0.1) is 0 Å². The number of halogens is 1. The van der Waals surface area contributed by atoms with Crippen molar-refractivity contribution in [3.63, 3.8) is 0 Å². The lowest BCUT2D eigenvalue weighted by Gasteiger charge is -2.30. The van der Waals surface area contributed by atoms with E-state index in [2.05, 4.69) is 53.7 Å². The lowest BCUT2D eigenvalue weighted by molar-refractivity contribution is 0.220. The molecule has 1 aliphatic heterocycles. The molecule has 1 aromatic carbocycles. The number of rotatable bonds is 1. The van der Waals surface area contributed by atoms with Gasteiger partial charge in [-0.25, -0.2) is 0 Å². The van der Waals surface area contributed by atoms with E-state index in [1.54, 1.807) is 0 Å². The molecule has 0 amide bonds. The number of hydrogen-bond acceptors (Lipinski definition) is 2. The topological polar surface area (TPSA) is 27.0 Å². The van der Waals surface area contributed by atoms with Crippen LogP contribution >= 0.6 is 15.9 Å². The van der Waals surface area contributed by atoms with Gasteiger partial charge in [-0.1, -0.05) is 36.7 Å². The van der Waals surface area contributed by atoms with Crippen LogP contribution in [-0.2, 0) is 0 Å². The molecule has 1 aliphatic rings. The summed E-state index contributed by atoms with van der Waals surface area (Å²) in [6.07, 6.45) is 3.70. The zero-order valence-corrected chi connectivity index (χ0v) is 14.2. The van der Waals surface area contributed by atoms with Crippen molar-refractivity contribution in [2.24, 2.45) is 11.3 Å². The fourth-order valence-electron chi connectivity index (χ4n) is 3.06. The minimum Gasteiger partial charge on any atom is -0.370 e. The van der Waals surface area contributed by atoms with Gasteiger partial charge in [-0.2, -0.15) is 5.26 Å². The fourth-order valence-corrected chi connectivity index (χ4v) is 3.41. The minimum atomic E-state index is 0.380. The van der Waals surface area contributed by atoms with Gasteiger partial charge >= 0.3 is 0 Å². The Morgan fingerprint density at radius 1 is 1.25 bits per heavy atom. The first-order valence-electron chi connectivity index (χ1n) is 7.36. The Balaban J connectivity index is 2.19. The number of benzene rings is 1. The molecule has 2 rings (SSSR count). The van der Waals surface area contributed by atoms with Gasteiger partial charge in [0.1, 0.15) is 6.07 Å². The van der Waals surface area contributed by atoms with Gasteiger partial charge in [0.2, 0.25) is 0 Å². The van der Waals surface area contributed by atoms with E-state index in [0.29, 0.717) is 5.41 Å². The quantitative estimate of drug-likeness (QED) is 0.724. The fraction of sp³-hybridized carbons (Fsp3) is 0.588.